The highest BCUT2D eigenvalue weighted by atomic mass is 16.6. The quantitative estimate of drug-likeness (QED) is 0.847. The van der Waals surface area contributed by atoms with Crippen LogP contribution in [-0.4, -0.2) is 37.4 Å². The number of benzene rings is 1. The summed E-state index contributed by atoms with van der Waals surface area (Å²) in [4.78, 5) is 11.6. The van der Waals surface area contributed by atoms with E-state index >= 15 is 0 Å². The fourth-order valence-corrected chi connectivity index (χ4v) is 2.73. The van der Waals surface area contributed by atoms with Crippen LogP contribution >= 0.6 is 0 Å². The number of nitrogens with two attached hydrogens (primary N) is 1. The van der Waals surface area contributed by atoms with Crippen LogP contribution in [0.2, 0.25) is 0 Å². The Bertz CT molecular complexity index is 693. The molecule has 0 saturated heterocycles. The predicted molar refractivity (Wildman–Crippen MR) is 82.3 cm³/mol. The van der Waals surface area contributed by atoms with E-state index in [0.717, 1.165) is 35.1 Å². The van der Waals surface area contributed by atoms with Gasteiger partial charge >= 0.3 is 5.97 Å². The number of aryl methyl sites for hydroxylation is 1. The van der Waals surface area contributed by atoms with Crippen molar-refractivity contribution in [1.82, 2.24) is 4.57 Å². The number of aromatic nitrogens is 1. The van der Waals surface area contributed by atoms with Crippen LogP contribution in [0.25, 0.3) is 10.9 Å². The van der Waals surface area contributed by atoms with E-state index in [-0.39, 0.29) is 12.5 Å². The van der Waals surface area contributed by atoms with Crippen molar-refractivity contribution in [3.8, 4) is 11.5 Å². The second-order valence-electron chi connectivity index (χ2n) is 5.26. The van der Waals surface area contributed by atoms with E-state index in [1.165, 1.54) is 7.11 Å². The third kappa shape index (κ3) is 2.74. The predicted octanol–water partition coefficient (Wildman–Crippen LogP) is 1.48. The van der Waals surface area contributed by atoms with Crippen molar-refractivity contribution in [1.29, 1.82) is 0 Å². The van der Waals surface area contributed by atoms with Crippen LogP contribution in [0.5, 0.6) is 11.5 Å². The summed E-state index contributed by atoms with van der Waals surface area (Å²) in [5.74, 6) is 1.19. The molecule has 0 amide bonds. The zero-order valence-corrected chi connectivity index (χ0v) is 12.6. The molecule has 0 aliphatic carbocycles. The zero-order chi connectivity index (χ0) is 15.5. The van der Waals surface area contributed by atoms with Crippen molar-refractivity contribution in [2.45, 2.75) is 19.4 Å². The maximum absolute atomic E-state index is 11.6. The summed E-state index contributed by atoms with van der Waals surface area (Å²) in [6.45, 7) is 1.90. The average molecular weight is 304 g/mol. The zero-order valence-electron chi connectivity index (χ0n) is 12.6. The number of esters is 1. The minimum Gasteiger partial charge on any atom is -0.486 e. The lowest BCUT2D eigenvalue weighted by Crippen LogP contribution is -2.15. The van der Waals surface area contributed by atoms with E-state index < -0.39 is 0 Å². The number of carbonyl (C=O) groups excluding carboxylic acids is 1. The lowest BCUT2D eigenvalue weighted by molar-refractivity contribution is -0.141. The summed E-state index contributed by atoms with van der Waals surface area (Å²) >= 11 is 0. The van der Waals surface area contributed by atoms with Gasteiger partial charge in [0.25, 0.3) is 0 Å². The van der Waals surface area contributed by atoms with Gasteiger partial charge in [-0.15, -0.1) is 0 Å². The Kier molecular flexibility index (Phi) is 4.20. The molecule has 2 aromatic rings. The monoisotopic (exact) mass is 304 g/mol. The van der Waals surface area contributed by atoms with Gasteiger partial charge in [-0.2, -0.15) is 0 Å². The molecule has 6 nitrogen and oxygen atoms in total. The molecule has 0 atom stereocenters. The highest BCUT2D eigenvalue weighted by Gasteiger charge is 2.18. The molecule has 6 heteroatoms. The van der Waals surface area contributed by atoms with Gasteiger partial charge in [-0.1, -0.05) is 0 Å². The standard InChI is InChI=1S/C16H20N2O4/c1-20-16(19)10-18-9-11(3-2-4-17)12-7-14-15(8-13(12)18)22-6-5-21-14/h7-9H,2-6,10,17H2,1H3. The molecule has 1 aromatic heterocycles. The van der Waals surface area contributed by atoms with Crippen molar-refractivity contribution < 1.29 is 19.0 Å². The molecular weight excluding hydrogens is 284 g/mol. The number of hydrogen-bond acceptors (Lipinski definition) is 5. The molecule has 1 aliphatic heterocycles. The summed E-state index contributed by atoms with van der Waals surface area (Å²) in [7, 11) is 1.39. The molecule has 2 N–H and O–H groups in total. The van der Waals surface area contributed by atoms with Crippen LogP contribution in [0.3, 0.4) is 0 Å². The van der Waals surface area contributed by atoms with Crippen LogP contribution in [0.4, 0.5) is 0 Å². The minimum absolute atomic E-state index is 0.176. The van der Waals surface area contributed by atoms with Crippen molar-refractivity contribution in [3.63, 3.8) is 0 Å². The number of carbonyl (C=O) groups is 1. The summed E-state index contributed by atoms with van der Waals surface area (Å²) in [6.07, 6.45) is 3.75. The summed E-state index contributed by atoms with van der Waals surface area (Å²) in [5.41, 5.74) is 7.71. The largest absolute Gasteiger partial charge is 0.486 e. The lowest BCUT2D eigenvalue weighted by atomic mass is 10.1. The highest BCUT2D eigenvalue weighted by molar-refractivity contribution is 5.88. The van der Waals surface area contributed by atoms with Crippen molar-refractivity contribution in [3.05, 3.63) is 23.9 Å². The maximum atomic E-state index is 11.6. The average Bonchev–Trinajstić information content (AvgIpc) is 2.87. The Morgan fingerprint density at radius 3 is 2.73 bits per heavy atom. The Balaban J connectivity index is 2.07. The molecule has 2 heterocycles. The smallest absolute Gasteiger partial charge is 0.325 e. The van der Waals surface area contributed by atoms with Gasteiger partial charge in [0.2, 0.25) is 0 Å². The second kappa shape index (κ2) is 6.27. The Morgan fingerprint density at radius 2 is 2.05 bits per heavy atom. The summed E-state index contributed by atoms with van der Waals surface area (Å²) < 4.78 is 18.0. The van der Waals surface area contributed by atoms with Gasteiger partial charge in [0.05, 0.1) is 12.6 Å². The van der Waals surface area contributed by atoms with E-state index in [1.54, 1.807) is 0 Å². The summed E-state index contributed by atoms with van der Waals surface area (Å²) in [6, 6.07) is 3.92. The van der Waals surface area contributed by atoms with E-state index in [1.807, 2.05) is 22.9 Å². The Labute approximate surface area is 128 Å². The van der Waals surface area contributed by atoms with Crippen LogP contribution < -0.4 is 15.2 Å². The van der Waals surface area contributed by atoms with Crippen LogP contribution in [0.15, 0.2) is 18.3 Å². The number of ether oxygens (including phenoxy) is 3. The van der Waals surface area contributed by atoms with E-state index in [4.69, 9.17) is 19.9 Å². The number of methoxy groups -OCH3 is 1. The van der Waals surface area contributed by atoms with E-state index in [2.05, 4.69) is 0 Å². The molecule has 0 radical (unpaired) electrons. The molecule has 0 spiro atoms. The van der Waals surface area contributed by atoms with Gasteiger partial charge in [-0.25, -0.2) is 0 Å². The van der Waals surface area contributed by atoms with Crippen LogP contribution in [0, 0.1) is 0 Å². The molecule has 0 unspecified atom stereocenters. The van der Waals surface area contributed by atoms with Crippen LogP contribution in [-0.2, 0) is 22.5 Å². The number of hydrogen-bond donors (Lipinski definition) is 1. The Hall–Kier alpha value is -2.21. The van der Waals surface area contributed by atoms with Crippen molar-refractivity contribution >= 4 is 16.9 Å². The molecule has 0 fully saturated rings. The number of rotatable bonds is 5. The maximum Gasteiger partial charge on any atom is 0.325 e. The van der Waals surface area contributed by atoms with Gasteiger partial charge in [0.1, 0.15) is 19.8 Å². The lowest BCUT2D eigenvalue weighted by Gasteiger charge is -2.18. The molecule has 0 bridgehead atoms. The fourth-order valence-electron chi connectivity index (χ4n) is 2.73. The molecule has 118 valence electrons. The van der Waals surface area contributed by atoms with Gasteiger partial charge in [-0.05, 0) is 31.0 Å². The third-order valence-electron chi connectivity index (χ3n) is 3.80. The molecular formula is C16H20N2O4. The Morgan fingerprint density at radius 1 is 1.32 bits per heavy atom. The second-order valence-corrected chi connectivity index (χ2v) is 5.26. The normalized spacial score (nSPS) is 13.4. The number of fused-ring (bicyclic) bond motifs is 2. The van der Waals surface area contributed by atoms with Gasteiger partial charge in [0, 0.05) is 17.6 Å². The first-order valence-corrected chi connectivity index (χ1v) is 7.41. The first-order valence-electron chi connectivity index (χ1n) is 7.41. The van der Waals surface area contributed by atoms with Gasteiger partial charge < -0.3 is 24.5 Å². The first kappa shape index (κ1) is 14.7. The summed E-state index contributed by atoms with van der Waals surface area (Å²) in [5, 5.41) is 1.07. The minimum atomic E-state index is -0.280. The molecule has 3 rings (SSSR count). The molecule has 1 aromatic carbocycles. The van der Waals surface area contributed by atoms with Crippen molar-refractivity contribution in [2.75, 3.05) is 26.9 Å². The highest BCUT2D eigenvalue weighted by Crippen LogP contribution is 2.37. The number of nitrogens with zero attached hydrogens (tertiary/aromatic N) is 1. The molecule has 22 heavy (non-hydrogen) atoms. The SMILES string of the molecule is COC(=O)Cn1cc(CCCN)c2cc3c(cc21)OCCO3. The fraction of sp³-hybridized carbons (Fsp3) is 0.438. The van der Waals surface area contributed by atoms with Crippen LogP contribution in [0.1, 0.15) is 12.0 Å². The third-order valence-corrected chi connectivity index (χ3v) is 3.80. The molecule has 1 aliphatic rings. The topological polar surface area (TPSA) is 75.7 Å². The van der Waals surface area contributed by atoms with Crippen molar-refractivity contribution in [2.24, 2.45) is 5.73 Å². The van der Waals surface area contributed by atoms with E-state index in [9.17, 15) is 4.79 Å². The first-order chi connectivity index (χ1) is 10.7. The van der Waals surface area contributed by atoms with Gasteiger partial charge in [0.15, 0.2) is 11.5 Å². The van der Waals surface area contributed by atoms with E-state index in [0.29, 0.717) is 25.5 Å². The van der Waals surface area contributed by atoms with Gasteiger partial charge in [-0.3, -0.25) is 4.79 Å². The molecule has 0 saturated carbocycles.